The van der Waals surface area contributed by atoms with Gasteiger partial charge in [0.25, 0.3) is 0 Å². The SMILES string of the molecule is O=C1NC[C@@H](Cc2nnc(-c3ccccc3)o2)N2C[C@@H](NC3CCC(F)(F)CC3)C[C@@H]12. The molecule has 0 spiro atoms. The van der Waals surface area contributed by atoms with Gasteiger partial charge in [-0.3, -0.25) is 9.69 Å². The lowest BCUT2D eigenvalue weighted by atomic mass is 9.91. The third-order valence-electron chi connectivity index (χ3n) is 6.71. The van der Waals surface area contributed by atoms with Crippen molar-refractivity contribution in [3.63, 3.8) is 0 Å². The number of carbonyl (C=O) groups is 1. The van der Waals surface area contributed by atoms with E-state index in [0.717, 1.165) is 12.1 Å². The fourth-order valence-electron chi connectivity index (χ4n) is 5.06. The highest BCUT2D eigenvalue weighted by Gasteiger charge is 2.45. The van der Waals surface area contributed by atoms with Crippen LogP contribution in [-0.4, -0.2) is 64.2 Å². The number of nitrogens with one attached hydrogen (secondary N) is 2. The maximum Gasteiger partial charge on any atom is 0.248 e. The molecule has 9 heteroatoms. The van der Waals surface area contributed by atoms with E-state index in [1.807, 2.05) is 30.3 Å². The average Bonchev–Trinajstić information content (AvgIpc) is 3.40. The number of aromatic nitrogens is 2. The number of hydrogen-bond acceptors (Lipinski definition) is 6. The number of fused-ring (bicyclic) bond motifs is 1. The summed E-state index contributed by atoms with van der Waals surface area (Å²) in [7, 11) is 0. The summed E-state index contributed by atoms with van der Waals surface area (Å²) in [5.74, 6) is -1.46. The van der Waals surface area contributed by atoms with E-state index in [0.29, 0.717) is 44.0 Å². The van der Waals surface area contributed by atoms with Crippen molar-refractivity contribution in [3.8, 4) is 11.5 Å². The van der Waals surface area contributed by atoms with Gasteiger partial charge in [-0.15, -0.1) is 10.2 Å². The van der Waals surface area contributed by atoms with Gasteiger partial charge < -0.3 is 15.1 Å². The summed E-state index contributed by atoms with van der Waals surface area (Å²) in [6, 6.07) is 9.69. The summed E-state index contributed by atoms with van der Waals surface area (Å²) in [5.41, 5.74) is 0.875. The van der Waals surface area contributed by atoms with Gasteiger partial charge in [0, 0.05) is 56.0 Å². The molecule has 2 aliphatic heterocycles. The first-order valence-electron chi connectivity index (χ1n) is 11.0. The molecule has 1 aromatic heterocycles. The molecule has 7 nitrogen and oxygen atoms in total. The maximum absolute atomic E-state index is 13.4. The van der Waals surface area contributed by atoms with Crippen molar-refractivity contribution in [1.82, 2.24) is 25.7 Å². The number of rotatable bonds is 5. The Bertz CT molecular complexity index is 912. The van der Waals surface area contributed by atoms with E-state index in [2.05, 4.69) is 25.7 Å². The van der Waals surface area contributed by atoms with E-state index < -0.39 is 5.92 Å². The Morgan fingerprint density at radius 3 is 2.71 bits per heavy atom. The molecule has 2 saturated heterocycles. The Morgan fingerprint density at radius 1 is 1.16 bits per heavy atom. The number of hydrogen-bond donors (Lipinski definition) is 2. The molecule has 1 saturated carbocycles. The molecule has 166 valence electrons. The maximum atomic E-state index is 13.4. The van der Waals surface area contributed by atoms with Crippen LogP contribution < -0.4 is 10.6 Å². The summed E-state index contributed by atoms with van der Waals surface area (Å²) >= 11 is 0. The fraction of sp³-hybridized carbons (Fsp3) is 0.591. The monoisotopic (exact) mass is 431 g/mol. The zero-order chi connectivity index (χ0) is 21.4. The Kier molecular flexibility index (Phi) is 5.47. The molecule has 0 unspecified atom stereocenters. The molecule has 2 aromatic rings. The van der Waals surface area contributed by atoms with E-state index >= 15 is 0 Å². The van der Waals surface area contributed by atoms with Crippen molar-refractivity contribution in [3.05, 3.63) is 36.2 Å². The van der Waals surface area contributed by atoms with Gasteiger partial charge in [0.15, 0.2) is 0 Å². The minimum Gasteiger partial charge on any atom is -0.421 e. The quantitative estimate of drug-likeness (QED) is 0.757. The second kappa shape index (κ2) is 8.27. The number of carbonyl (C=O) groups excluding carboxylic acids is 1. The van der Waals surface area contributed by atoms with Gasteiger partial charge in [0.1, 0.15) is 0 Å². The van der Waals surface area contributed by atoms with Crippen molar-refractivity contribution in [2.45, 2.75) is 68.6 Å². The number of alkyl halides is 2. The third kappa shape index (κ3) is 4.48. The highest BCUT2D eigenvalue weighted by molar-refractivity contribution is 5.83. The van der Waals surface area contributed by atoms with E-state index in [1.165, 1.54) is 0 Å². The Labute approximate surface area is 179 Å². The second-order valence-electron chi connectivity index (χ2n) is 8.91. The summed E-state index contributed by atoms with van der Waals surface area (Å²) in [6.07, 6.45) is 2.08. The van der Waals surface area contributed by atoms with Crippen LogP contribution in [0.15, 0.2) is 34.7 Å². The van der Waals surface area contributed by atoms with Gasteiger partial charge in [-0.1, -0.05) is 18.2 Å². The van der Waals surface area contributed by atoms with Crippen LogP contribution in [0.3, 0.4) is 0 Å². The Morgan fingerprint density at radius 2 is 1.94 bits per heavy atom. The van der Waals surface area contributed by atoms with Crippen LogP contribution in [-0.2, 0) is 11.2 Å². The Hall–Kier alpha value is -2.39. The van der Waals surface area contributed by atoms with Crippen LogP contribution in [0.4, 0.5) is 8.78 Å². The predicted octanol–water partition coefficient (Wildman–Crippen LogP) is 2.39. The van der Waals surface area contributed by atoms with Crippen molar-refractivity contribution in [2.75, 3.05) is 13.1 Å². The number of benzene rings is 1. The molecule has 0 bridgehead atoms. The lowest BCUT2D eigenvalue weighted by Gasteiger charge is -2.36. The van der Waals surface area contributed by atoms with E-state index in [4.69, 9.17) is 4.42 Å². The molecule has 5 rings (SSSR count). The normalized spacial score (nSPS) is 29.0. The van der Waals surface area contributed by atoms with Crippen molar-refractivity contribution < 1.29 is 18.0 Å². The minimum atomic E-state index is -2.53. The summed E-state index contributed by atoms with van der Waals surface area (Å²) in [4.78, 5) is 14.7. The summed E-state index contributed by atoms with van der Waals surface area (Å²) < 4.78 is 32.8. The molecule has 3 atom stereocenters. The largest absolute Gasteiger partial charge is 0.421 e. The molecular weight excluding hydrogens is 404 g/mol. The van der Waals surface area contributed by atoms with Gasteiger partial charge in [-0.05, 0) is 31.4 Å². The molecule has 0 radical (unpaired) electrons. The number of piperazine rings is 1. The van der Waals surface area contributed by atoms with Crippen LogP contribution in [0.25, 0.3) is 11.5 Å². The lowest BCUT2D eigenvalue weighted by Crippen LogP contribution is -2.58. The highest BCUT2D eigenvalue weighted by atomic mass is 19.3. The van der Waals surface area contributed by atoms with Gasteiger partial charge in [0.2, 0.25) is 23.6 Å². The minimum absolute atomic E-state index is 0.0335. The molecule has 1 amide bonds. The molecule has 3 fully saturated rings. The van der Waals surface area contributed by atoms with Gasteiger partial charge in [-0.25, -0.2) is 8.78 Å². The van der Waals surface area contributed by atoms with Crippen LogP contribution >= 0.6 is 0 Å². The zero-order valence-electron chi connectivity index (χ0n) is 17.3. The summed E-state index contributed by atoms with van der Waals surface area (Å²) in [6.45, 7) is 1.25. The average molecular weight is 431 g/mol. The molecule has 1 aromatic carbocycles. The molecule has 3 heterocycles. The van der Waals surface area contributed by atoms with Crippen molar-refractivity contribution in [2.24, 2.45) is 0 Å². The molecular formula is C22H27F2N5O2. The smallest absolute Gasteiger partial charge is 0.248 e. The lowest BCUT2D eigenvalue weighted by molar-refractivity contribution is -0.129. The number of halogens is 2. The van der Waals surface area contributed by atoms with Crippen molar-refractivity contribution >= 4 is 5.91 Å². The first-order chi connectivity index (χ1) is 15.0. The third-order valence-corrected chi connectivity index (χ3v) is 6.71. The van der Waals surface area contributed by atoms with Gasteiger partial charge in [0.05, 0.1) is 6.04 Å². The molecule has 2 N–H and O–H groups in total. The van der Waals surface area contributed by atoms with Crippen molar-refractivity contribution in [1.29, 1.82) is 0 Å². The number of nitrogens with zero attached hydrogens (tertiary/aromatic N) is 3. The van der Waals surface area contributed by atoms with Crippen LogP contribution in [0, 0.1) is 0 Å². The van der Waals surface area contributed by atoms with Crippen LogP contribution in [0.2, 0.25) is 0 Å². The Balaban J connectivity index is 1.22. The first kappa shape index (κ1) is 20.5. The van der Waals surface area contributed by atoms with Gasteiger partial charge >= 0.3 is 0 Å². The fourth-order valence-corrected chi connectivity index (χ4v) is 5.06. The first-order valence-corrected chi connectivity index (χ1v) is 11.0. The van der Waals surface area contributed by atoms with E-state index in [-0.39, 0.29) is 42.9 Å². The summed E-state index contributed by atoms with van der Waals surface area (Å²) in [5, 5.41) is 14.9. The topological polar surface area (TPSA) is 83.3 Å². The standard InChI is InChI=1S/C22H27F2N5O2/c23-22(24)8-6-15(7-9-22)26-16-10-18-20(30)25-12-17(29(18)13-16)11-19-27-28-21(31-19)14-4-2-1-3-5-14/h1-5,15-18,26H,6-13H2,(H,25,30)/t16-,17+,18-/m0/s1. The predicted molar refractivity (Wildman–Crippen MR) is 109 cm³/mol. The molecule has 1 aliphatic carbocycles. The van der Waals surface area contributed by atoms with E-state index in [1.54, 1.807) is 0 Å². The molecule has 31 heavy (non-hydrogen) atoms. The van der Waals surface area contributed by atoms with Crippen LogP contribution in [0.5, 0.6) is 0 Å². The second-order valence-corrected chi connectivity index (χ2v) is 8.91. The highest BCUT2D eigenvalue weighted by Crippen LogP contribution is 2.34. The van der Waals surface area contributed by atoms with Crippen LogP contribution in [0.1, 0.15) is 38.0 Å². The van der Waals surface area contributed by atoms with Gasteiger partial charge in [-0.2, -0.15) is 0 Å². The zero-order valence-corrected chi connectivity index (χ0v) is 17.3. The number of amides is 1. The molecule has 3 aliphatic rings. The van der Waals surface area contributed by atoms with E-state index in [9.17, 15) is 13.6 Å².